The van der Waals surface area contributed by atoms with Crippen molar-refractivity contribution >= 4 is 50.3 Å². The third-order valence-electron chi connectivity index (χ3n) is 5.88. The average Bonchev–Trinajstić information content (AvgIpc) is 3.39. The number of amides is 1. The smallest absolute Gasteiger partial charge is 0.259 e. The molecule has 158 valence electrons. The summed E-state index contributed by atoms with van der Waals surface area (Å²) in [6.45, 7) is 3.52. The van der Waals surface area contributed by atoms with E-state index in [0.717, 1.165) is 41.0 Å². The summed E-state index contributed by atoms with van der Waals surface area (Å²) < 4.78 is 2.49. The van der Waals surface area contributed by atoms with E-state index in [4.69, 9.17) is 0 Å². The number of hydrogen-bond donors (Lipinski definition) is 1. The fraction of sp³-hybridized carbons (Fsp3) is 0.261. The van der Waals surface area contributed by atoms with Crippen LogP contribution in [0.4, 0.5) is 11.5 Å². The Kier molecular flexibility index (Phi) is 5.50. The number of carbonyl (C=O) groups is 1. The van der Waals surface area contributed by atoms with Crippen LogP contribution in [-0.4, -0.2) is 38.5 Å². The first-order chi connectivity index (χ1) is 15.1. The molecule has 0 unspecified atom stereocenters. The molecule has 4 heterocycles. The number of piperidine rings is 1. The Morgan fingerprint density at radius 2 is 1.94 bits per heavy atom. The average molecular weight is 496 g/mol. The van der Waals surface area contributed by atoms with Crippen molar-refractivity contribution < 1.29 is 4.79 Å². The molecule has 1 aliphatic heterocycles. The zero-order valence-corrected chi connectivity index (χ0v) is 19.5. The van der Waals surface area contributed by atoms with Gasteiger partial charge in [0.05, 0.1) is 16.4 Å². The van der Waals surface area contributed by atoms with E-state index in [1.807, 2.05) is 22.4 Å². The van der Waals surface area contributed by atoms with Gasteiger partial charge in [0.1, 0.15) is 11.4 Å². The van der Waals surface area contributed by atoms with Gasteiger partial charge < -0.3 is 10.2 Å². The van der Waals surface area contributed by atoms with E-state index in [-0.39, 0.29) is 5.91 Å². The number of thiophene rings is 1. The summed E-state index contributed by atoms with van der Waals surface area (Å²) in [6, 6.07) is 12.6. The van der Waals surface area contributed by atoms with Crippen LogP contribution < -0.4 is 5.32 Å². The number of nitrogens with one attached hydrogen (secondary N) is 1. The number of fused-ring (bicyclic) bond motifs is 1. The molecule has 8 heteroatoms. The molecule has 1 aliphatic rings. The van der Waals surface area contributed by atoms with Gasteiger partial charge in [-0.1, -0.05) is 30.3 Å². The second kappa shape index (κ2) is 8.43. The van der Waals surface area contributed by atoms with E-state index in [2.05, 4.69) is 62.5 Å². The van der Waals surface area contributed by atoms with Gasteiger partial charge in [0.25, 0.3) is 5.91 Å². The lowest BCUT2D eigenvalue weighted by Crippen LogP contribution is -2.38. The standard InChI is InChI=1S/C23H22BrN5OS/c1-15-20(9-12-31-15)27-21-18(13-25-22-19(24)14-26-29(21)22)23(30)28-10-7-17(8-11-28)16-5-3-2-4-6-16/h2-6,9,12-14,17,27H,7-8,10-11H2,1H3. The molecule has 0 atom stereocenters. The second-order valence-corrected chi connectivity index (χ2v) is 9.72. The van der Waals surface area contributed by atoms with E-state index in [1.165, 1.54) is 5.56 Å². The topological polar surface area (TPSA) is 62.5 Å². The van der Waals surface area contributed by atoms with Crippen molar-refractivity contribution in [1.82, 2.24) is 19.5 Å². The minimum atomic E-state index is -0.0112. The lowest BCUT2D eigenvalue weighted by atomic mass is 9.89. The predicted molar refractivity (Wildman–Crippen MR) is 127 cm³/mol. The quantitative estimate of drug-likeness (QED) is 0.398. The summed E-state index contributed by atoms with van der Waals surface area (Å²) in [5.41, 5.74) is 3.54. The van der Waals surface area contributed by atoms with Crippen molar-refractivity contribution in [3.8, 4) is 0 Å². The number of carbonyl (C=O) groups excluding carboxylic acids is 1. The monoisotopic (exact) mass is 495 g/mol. The molecule has 31 heavy (non-hydrogen) atoms. The highest BCUT2D eigenvalue weighted by molar-refractivity contribution is 9.10. The van der Waals surface area contributed by atoms with Crippen LogP contribution in [0.3, 0.4) is 0 Å². The molecule has 0 spiro atoms. The van der Waals surface area contributed by atoms with Gasteiger partial charge in [-0.3, -0.25) is 4.79 Å². The first-order valence-electron chi connectivity index (χ1n) is 10.3. The van der Waals surface area contributed by atoms with Gasteiger partial charge in [-0.25, -0.2) is 4.98 Å². The van der Waals surface area contributed by atoms with E-state index in [1.54, 1.807) is 28.2 Å². The Morgan fingerprint density at radius 3 is 2.65 bits per heavy atom. The molecule has 0 radical (unpaired) electrons. The number of nitrogens with zero attached hydrogens (tertiary/aromatic N) is 4. The number of anilines is 2. The van der Waals surface area contributed by atoms with Gasteiger partial charge in [-0.05, 0) is 58.6 Å². The third kappa shape index (κ3) is 3.85. The van der Waals surface area contributed by atoms with E-state index in [9.17, 15) is 4.79 Å². The number of halogens is 1. The molecule has 0 bridgehead atoms. The maximum Gasteiger partial charge on any atom is 0.259 e. The van der Waals surface area contributed by atoms with Crippen LogP contribution in [0.5, 0.6) is 0 Å². The molecule has 6 nitrogen and oxygen atoms in total. The Balaban J connectivity index is 1.43. The Bertz CT molecular complexity index is 1230. The van der Waals surface area contributed by atoms with Crippen LogP contribution in [-0.2, 0) is 0 Å². The fourth-order valence-electron chi connectivity index (χ4n) is 4.13. The molecule has 1 saturated heterocycles. The summed E-state index contributed by atoms with van der Waals surface area (Å²) in [7, 11) is 0. The van der Waals surface area contributed by atoms with Gasteiger partial charge in [0.15, 0.2) is 5.65 Å². The molecule has 4 aromatic rings. The molecule has 3 aromatic heterocycles. The van der Waals surface area contributed by atoms with Gasteiger partial charge >= 0.3 is 0 Å². The lowest BCUT2D eigenvalue weighted by molar-refractivity contribution is 0.0713. The van der Waals surface area contributed by atoms with Crippen LogP contribution in [0.1, 0.15) is 39.6 Å². The third-order valence-corrected chi connectivity index (χ3v) is 7.28. The fourth-order valence-corrected chi connectivity index (χ4v) is 5.15. The molecule has 1 amide bonds. The van der Waals surface area contributed by atoms with E-state index >= 15 is 0 Å². The van der Waals surface area contributed by atoms with Crippen molar-refractivity contribution in [2.24, 2.45) is 0 Å². The highest BCUT2D eigenvalue weighted by atomic mass is 79.9. The minimum Gasteiger partial charge on any atom is -0.338 e. The number of rotatable bonds is 4. The minimum absolute atomic E-state index is 0.0112. The lowest BCUT2D eigenvalue weighted by Gasteiger charge is -2.32. The second-order valence-electron chi connectivity index (χ2n) is 7.74. The summed E-state index contributed by atoms with van der Waals surface area (Å²) in [6.07, 6.45) is 5.29. The summed E-state index contributed by atoms with van der Waals surface area (Å²) in [5, 5.41) is 9.91. The first-order valence-corrected chi connectivity index (χ1v) is 12.0. The van der Waals surface area contributed by atoms with Crippen molar-refractivity contribution in [2.45, 2.75) is 25.7 Å². The Labute approximate surface area is 193 Å². The molecule has 1 aromatic carbocycles. The van der Waals surface area contributed by atoms with Gasteiger partial charge in [0.2, 0.25) is 0 Å². The van der Waals surface area contributed by atoms with Crippen molar-refractivity contribution in [3.05, 3.63) is 74.6 Å². The molecular weight excluding hydrogens is 474 g/mol. The number of aromatic nitrogens is 3. The number of benzene rings is 1. The molecule has 0 saturated carbocycles. The van der Waals surface area contributed by atoms with Crippen molar-refractivity contribution in [1.29, 1.82) is 0 Å². The van der Waals surface area contributed by atoms with E-state index < -0.39 is 0 Å². The van der Waals surface area contributed by atoms with Gasteiger partial charge in [0, 0.05) is 24.2 Å². The van der Waals surface area contributed by atoms with Gasteiger partial charge in [-0.15, -0.1) is 11.3 Å². The number of likely N-dealkylation sites (tertiary alicyclic amines) is 1. The number of aryl methyl sites for hydroxylation is 1. The molecular formula is C23H22BrN5OS. The largest absolute Gasteiger partial charge is 0.338 e. The number of hydrogen-bond acceptors (Lipinski definition) is 5. The highest BCUT2D eigenvalue weighted by Crippen LogP contribution is 2.32. The molecule has 0 aliphatic carbocycles. The van der Waals surface area contributed by atoms with Crippen LogP contribution >= 0.6 is 27.3 Å². The molecule has 5 rings (SSSR count). The maximum absolute atomic E-state index is 13.5. The van der Waals surface area contributed by atoms with Gasteiger partial charge in [-0.2, -0.15) is 9.61 Å². The SMILES string of the molecule is Cc1sccc1Nc1c(C(=O)N2CCC(c3ccccc3)CC2)cnc2c(Br)cnn12. The van der Waals surface area contributed by atoms with Crippen LogP contribution in [0.2, 0.25) is 0 Å². The van der Waals surface area contributed by atoms with Crippen LogP contribution in [0.25, 0.3) is 5.65 Å². The van der Waals surface area contributed by atoms with Crippen molar-refractivity contribution in [3.63, 3.8) is 0 Å². The highest BCUT2D eigenvalue weighted by Gasteiger charge is 2.28. The Morgan fingerprint density at radius 1 is 1.16 bits per heavy atom. The zero-order chi connectivity index (χ0) is 21.4. The van der Waals surface area contributed by atoms with Crippen LogP contribution in [0.15, 0.2) is 58.6 Å². The molecule has 1 fully saturated rings. The summed E-state index contributed by atoms with van der Waals surface area (Å²) in [5.74, 6) is 1.13. The maximum atomic E-state index is 13.5. The molecule has 1 N–H and O–H groups in total. The summed E-state index contributed by atoms with van der Waals surface area (Å²) in [4.78, 5) is 21.1. The normalized spacial score (nSPS) is 14.8. The van der Waals surface area contributed by atoms with Crippen molar-refractivity contribution in [2.75, 3.05) is 18.4 Å². The zero-order valence-electron chi connectivity index (χ0n) is 17.1. The predicted octanol–water partition coefficient (Wildman–Crippen LogP) is 5.63. The van der Waals surface area contributed by atoms with E-state index in [0.29, 0.717) is 22.9 Å². The van der Waals surface area contributed by atoms with Crippen LogP contribution in [0, 0.1) is 6.92 Å². The summed E-state index contributed by atoms with van der Waals surface area (Å²) >= 11 is 5.16. The Hall–Kier alpha value is -2.71. The first kappa shape index (κ1) is 20.2.